The Morgan fingerprint density at radius 3 is 2.60 bits per heavy atom. The zero-order valence-electron chi connectivity index (χ0n) is 10.1. The molecule has 3 nitrogen and oxygen atoms in total. The van der Waals surface area contributed by atoms with Crippen LogP contribution in [0.5, 0.6) is 0 Å². The molecule has 1 aromatic heterocycles. The van der Waals surface area contributed by atoms with E-state index in [-0.39, 0.29) is 6.04 Å². The third-order valence-electron chi connectivity index (χ3n) is 2.31. The minimum absolute atomic E-state index is 0.0308. The summed E-state index contributed by atoms with van der Waals surface area (Å²) in [6, 6.07) is 4.01. The van der Waals surface area contributed by atoms with Crippen molar-refractivity contribution in [1.29, 1.82) is 0 Å². The molecule has 0 spiro atoms. The molecule has 0 saturated heterocycles. The number of nitrogens with two attached hydrogens (primary N) is 1. The van der Waals surface area contributed by atoms with Crippen LogP contribution in [0.25, 0.3) is 0 Å². The smallest absolute Gasteiger partial charge is 0.133 e. The van der Waals surface area contributed by atoms with Gasteiger partial charge in [-0.3, -0.25) is 0 Å². The summed E-state index contributed by atoms with van der Waals surface area (Å²) in [5.74, 6) is 1.62. The third kappa shape index (κ3) is 3.20. The Bertz CT molecular complexity index is 307. The average Bonchev–Trinajstić information content (AvgIpc) is 2.16. The van der Waals surface area contributed by atoms with E-state index in [4.69, 9.17) is 5.73 Å². The molecule has 0 radical (unpaired) electrons. The van der Waals surface area contributed by atoms with E-state index in [0.717, 1.165) is 17.9 Å². The summed E-state index contributed by atoms with van der Waals surface area (Å²) in [7, 11) is 2.06. The fraction of sp³-hybridized carbons (Fsp3) is 0.583. The molecule has 0 bridgehead atoms. The van der Waals surface area contributed by atoms with Crippen LogP contribution in [-0.4, -0.2) is 18.6 Å². The quantitative estimate of drug-likeness (QED) is 0.823. The zero-order valence-corrected chi connectivity index (χ0v) is 10.1. The fourth-order valence-corrected chi connectivity index (χ4v) is 1.72. The topological polar surface area (TPSA) is 42.2 Å². The third-order valence-corrected chi connectivity index (χ3v) is 2.31. The molecule has 0 aliphatic heterocycles. The first-order valence-electron chi connectivity index (χ1n) is 5.44. The largest absolute Gasteiger partial charge is 0.359 e. The highest BCUT2D eigenvalue weighted by atomic mass is 15.2. The van der Waals surface area contributed by atoms with Gasteiger partial charge in [0.1, 0.15) is 5.82 Å². The highest BCUT2D eigenvalue weighted by molar-refractivity contribution is 5.47. The maximum atomic E-state index is 5.92. The normalized spacial score (nSPS) is 12.9. The first kappa shape index (κ1) is 12.0. The van der Waals surface area contributed by atoms with E-state index in [2.05, 4.69) is 30.8 Å². The van der Waals surface area contributed by atoms with Crippen molar-refractivity contribution in [3.05, 3.63) is 23.9 Å². The lowest BCUT2D eigenvalue weighted by Gasteiger charge is -2.24. The van der Waals surface area contributed by atoms with Crippen molar-refractivity contribution in [3.63, 3.8) is 0 Å². The van der Waals surface area contributed by atoms with E-state index in [0.29, 0.717) is 5.92 Å². The van der Waals surface area contributed by atoms with Crippen molar-refractivity contribution in [1.82, 2.24) is 4.98 Å². The van der Waals surface area contributed by atoms with Gasteiger partial charge in [-0.05, 0) is 18.9 Å². The Hall–Kier alpha value is -1.09. The molecule has 1 aromatic rings. The van der Waals surface area contributed by atoms with Crippen LogP contribution in [0, 0.1) is 5.92 Å². The molecule has 0 fully saturated rings. The zero-order chi connectivity index (χ0) is 11.4. The molecule has 0 amide bonds. The average molecular weight is 207 g/mol. The summed E-state index contributed by atoms with van der Waals surface area (Å²) in [6.45, 7) is 7.39. The molecular weight excluding hydrogens is 186 g/mol. The molecule has 0 aliphatic rings. The Balaban J connectivity index is 2.92. The second-order valence-electron chi connectivity index (χ2n) is 4.48. The van der Waals surface area contributed by atoms with E-state index in [1.54, 1.807) is 0 Å². The molecule has 0 aliphatic carbocycles. The molecule has 3 heteroatoms. The van der Waals surface area contributed by atoms with E-state index in [1.807, 2.05) is 25.3 Å². The van der Waals surface area contributed by atoms with Gasteiger partial charge in [0.25, 0.3) is 0 Å². The molecule has 0 saturated carbocycles. The Morgan fingerprint density at radius 1 is 1.40 bits per heavy atom. The minimum atomic E-state index is 0.0308. The van der Waals surface area contributed by atoms with E-state index >= 15 is 0 Å². The fourth-order valence-electron chi connectivity index (χ4n) is 1.72. The number of nitrogens with zero attached hydrogens (tertiary/aromatic N) is 2. The van der Waals surface area contributed by atoms with Gasteiger partial charge in [-0.1, -0.05) is 19.9 Å². The number of pyridine rings is 1. The summed E-state index contributed by atoms with van der Waals surface area (Å²) in [5, 5.41) is 0. The minimum Gasteiger partial charge on any atom is -0.359 e. The number of hydrogen-bond acceptors (Lipinski definition) is 3. The summed E-state index contributed by atoms with van der Waals surface area (Å²) in [6.07, 6.45) is 1.82. The van der Waals surface area contributed by atoms with Crippen molar-refractivity contribution in [3.8, 4) is 0 Å². The maximum absolute atomic E-state index is 5.92. The van der Waals surface area contributed by atoms with Gasteiger partial charge in [0.15, 0.2) is 0 Å². The van der Waals surface area contributed by atoms with Crippen molar-refractivity contribution in [2.45, 2.75) is 26.8 Å². The van der Waals surface area contributed by atoms with Gasteiger partial charge in [-0.2, -0.15) is 0 Å². The SMILES string of the molecule is CC(C)CN(C)c1ncccc1[C@@H](C)N. The predicted molar refractivity (Wildman–Crippen MR) is 64.9 cm³/mol. The van der Waals surface area contributed by atoms with Crippen LogP contribution in [0.15, 0.2) is 18.3 Å². The molecule has 0 aromatic carbocycles. The number of rotatable bonds is 4. The first-order chi connectivity index (χ1) is 7.02. The van der Waals surface area contributed by atoms with Gasteiger partial charge in [-0.25, -0.2) is 4.98 Å². The second-order valence-corrected chi connectivity index (χ2v) is 4.48. The molecule has 84 valence electrons. The van der Waals surface area contributed by atoms with Gasteiger partial charge in [0, 0.05) is 31.4 Å². The molecule has 2 N–H and O–H groups in total. The lowest BCUT2D eigenvalue weighted by atomic mass is 10.1. The van der Waals surface area contributed by atoms with Crippen LogP contribution in [0.4, 0.5) is 5.82 Å². The van der Waals surface area contributed by atoms with Gasteiger partial charge in [-0.15, -0.1) is 0 Å². The number of aromatic nitrogens is 1. The van der Waals surface area contributed by atoms with Crippen molar-refractivity contribution in [2.75, 3.05) is 18.5 Å². The van der Waals surface area contributed by atoms with Crippen molar-refractivity contribution in [2.24, 2.45) is 11.7 Å². The van der Waals surface area contributed by atoms with Gasteiger partial charge < -0.3 is 10.6 Å². The summed E-state index contributed by atoms with van der Waals surface area (Å²) >= 11 is 0. The van der Waals surface area contributed by atoms with Crippen molar-refractivity contribution < 1.29 is 0 Å². The molecule has 1 rings (SSSR count). The summed E-state index contributed by atoms with van der Waals surface area (Å²) < 4.78 is 0. The van der Waals surface area contributed by atoms with E-state index in [1.165, 1.54) is 0 Å². The predicted octanol–water partition coefficient (Wildman–Crippen LogP) is 2.19. The Labute approximate surface area is 92.3 Å². The molecule has 0 unspecified atom stereocenters. The lowest BCUT2D eigenvalue weighted by molar-refractivity contribution is 0.630. The molecule has 15 heavy (non-hydrogen) atoms. The van der Waals surface area contributed by atoms with Crippen LogP contribution in [-0.2, 0) is 0 Å². The van der Waals surface area contributed by atoms with Crippen LogP contribution >= 0.6 is 0 Å². The molecule has 1 heterocycles. The second kappa shape index (κ2) is 5.12. The molecule has 1 atom stereocenters. The number of hydrogen-bond donors (Lipinski definition) is 1. The summed E-state index contributed by atoms with van der Waals surface area (Å²) in [5.41, 5.74) is 7.03. The van der Waals surface area contributed by atoms with Gasteiger partial charge in [0.2, 0.25) is 0 Å². The van der Waals surface area contributed by atoms with Gasteiger partial charge >= 0.3 is 0 Å². The van der Waals surface area contributed by atoms with Crippen LogP contribution in [0.1, 0.15) is 32.4 Å². The summed E-state index contributed by atoms with van der Waals surface area (Å²) in [4.78, 5) is 6.57. The highest BCUT2D eigenvalue weighted by Crippen LogP contribution is 2.21. The van der Waals surface area contributed by atoms with Crippen LogP contribution in [0.2, 0.25) is 0 Å². The van der Waals surface area contributed by atoms with Crippen LogP contribution in [0.3, 0.4) is 0 Å². The maximum Gasteiger partial charge on any atom is 0.133 e. The standard InChI is InChI=1S/C12H21N3/c1-9(2)8-15(4)12-11(10(3)13)6-5-7-14-12/h5-7,9-10H,8,13H2,1-4H3/t10-/m1/s1. The lowest BCUT2D eigenvalue weighted by Crippen LogP contribution is -2.25. The monoisotopic (exact) mass is 207 g/mol. The Kier molecular flexibility index (Phi) is 4.09. The Morgan fingerprint density at radius 2 is 2.07 bits per heavy atom. The first-order valence-corrected chi connectivity index (χ1v) is 5.44. The number of anilines is 1. The highest BCUT2D eigenvalue weighted by Gasteiger charge is 2.12. The van der Waals surface area contributed by atoms with E-state index in [9.17, 15) is 0 Å². The van der Waals surface area contributed by atoms with E-state index < -0.39 is 0 Å². The van der Waals surface area contributed by atoms with Gasteiger partial charge in [0.05, 0.1) is 0 Å². The van der Waals surface area contributed by atoms with Crippen molar-refractivity contribution >= 4 is 5.82 Å². The van der Waals surface area contributed by atoms with Crippen LogP contribution < -0.4 is 10.6 Å². The molecular formula is C12H21N3.